The van der Waals surface area contributed by atoms with E-state index in [1.165, 1.54) is 24.3 Å². The van der Waals surface area contributed by atoms with Crippen LogP contribution in [0.3, 0.4) is 0 Å². The zero-order valence-corrected chi connectivity index (χ0v) is 13.2. The minimum atomic E-state index is -1.49. The molecule has 1 aromatic rings. The smallest absolute Gasteiger partial charge is 0.338 e. The van der Waals surface area contributed by atoms with E-state index in [1.54, 1.807) is 6.92 Å². The molecule has 0 saturated carbocycles. The van der Waals surface area contributed by atoms with Crippen LogP contribution < -0.4 is 4.74 Å². The van der Waals surface area contributed by atoms with Crippen LogP contribution in [0, 0.1) is 5.92 Å². The maximum atomic E-state index is 11.9. The first kappa shape index (κ1) is 18.3. The Morgan fingerprint density at radius 3 is 2.17 bits per heavy atom. The van der Waals surface area contributed by atoms with Gasteiger partial charge < -0.3 is 14.2 Å². The fourth-order valence-corrected chi connectivity index (χ4v) is 1.78. The molecular weight excluding hydrogens is 304 g/mol. The van der Waals surface area contributed by atoms with Crippen molar-refractivity contribution in [2.45, 2.75) is 13.8 Å². The van der Waals surface area contributed by atoms with Crippen LogP contribution in [0.25, 0.3) is 0 Å². The number of carbonyl (C=O) groups is 4. The van der Waals surface area contributed by atoms with Gasteiger partial charge in [0.1, 0.15) is 12.4 Å². The number of ether oxygens (including phenoxy) is 3. The van der Waals surface area contributed by atoms with Crippen molar-refractivity contribution in [2.24, 2.45) is 5.92 Å². The molecule has 0 fully saturated rings. The van der Waals surface area contributed by atoms with Gasteiger partial charge in [0.05, 0.1) is 19.3 Å². The first-order chi connectivity index (χ1) is 10.9. The molecule has 0 aliphatic heterocycles. The highest BCUT2D eigenvalue weighted by atomic mass is 16.5. The molecule has 23 heavy (non-hydrogen) atoms. The summed E-state index contributed by atoms with van der Waals surface area (Å²) in [6.45, 7) is 2.64. The molecule has 0 aromatic heterocycles. The molecule has 0 amide bonds. The molecule has 0 spiro atoms. The molecule has 1 rings (SSSR count). The Morgan fingerprint density at radius 1 is 1.09 bits per heavy atom. The third kappa shape index (κ3) is 5.21. The van der Waals surface area contributed by atoms with Crippen molar-refractivity contribution in [1.82, 2.24) is 0 Å². The molecule has 1 atom stereocenters. The van der Waals surface area contributed by atoms with E-state index < -0.39 is 36.0 Å². The highest BCUT2D eigenvalue weighted by Crippen LogP contribution is 2.14. The summed E-state index contributed by atoms with van der Waals surface area (Å²) < 4.78 is 14.5. The van der Waals surface area contributed by atoms with Crippen LogP contribution in [0.1, 0.15) is 24.2 Å². The van der Waals surface area contributed by atoms with Crippen molar-refractivity contribution in [3.05, 3.63) is 29.8 Å². The molecule has 0 aliphatic rings. The minimum Gasteiger partial charge on any atom is -0.486 e. The van der Waals surface area contributed by atoms with Crippen LogP contribution >= 0.6 is 0 Å². The van der Waals surface area contributed by atoms with E-state index in [0.717, 1.165) is 14.0 Å². The van der Waals surface area contributed by atoms with Gasteiger partial charge in [-0.2, -0.15) is 0 Å². The summed E-state index contributed by atoms with van der Waals surface area (Å²) in [7, 11) is 1.10. The molecule has 0 heterocycles. The van der Waals surface area contributed by atoms with Gasteiger partial charge in [0.2, 0.25) is 0 Å². The number of hydrogen-bond donors (Lipinski definition) is 0. The molecule has 0 bridgehead atoms. The minimum absolute atomic E-state index is 0.269. The number of Topliss-reactive ketones (excluding diaryl/α,β-unsaturated/α-hetero) is 2. The second-order valence-corrected chi connectivity index (χ2v) is 4.57. The standard InChI is InChI=1S/C16H18O7/c1-4-22-15(19)11-5-7-12(8-6-11)23-9-13(18)14(10(2)17)16(20)21-3/h5-8,14H,4,9H2,1-3H3. The third-order valence-electron chi connectivity index (χ3n) is 2.91. The fourth-order valence-electron chi connectivity index (χ4n) is 1.78. The molecule has 1 unspecified atom stereocenters. The van der Waals surface area contributed by atoms with E-state index in [9.17, 15) is 19.2 Å². The number of ketones is 2. The van der Waals surface area contributed by atoms with Gasteiger partial charge in [-0.1, -0.05) is 0 Å². The predicted octanol–water partition coefficient (Wildman–Crippen LogP) is 1.19. The second-order valence-electron chi connectivity index (χ2n) is 4.57. The molecule has 7 nitrogen and oxygen atoms in total. The van der Waals surface area contributed by atoms with E-state index in [-0.39, 0.29) is 6.61 Å². The summed E-state index contributed by atoms with van der Waals surface area (Å²) in [6.07, 6.45) is 0. The Hall–Kier alpha value is -2.70. The molecular formula is C16H18O7. The topological polar surface area (TPSA) is 96.0 Å². The van der Waals surface area contributed by atoms with Crippen molar-refractivity contribution >= 4 is 23.5 Å². The average molecular weight is 322 g/mol. The van der Waals surface area contributed by atoms with E-state index in [4.69, 9.17) is 9.47 Å². The molecule has 0 radical (unpaired) electrons. The first-order valence-corrected chi connectivity index (χ1v) is 6.91. The summed E-state index contributed by atoms with van der Waals surface area (Å²) in [5.41, 5.74) is 0.349. The zero-order chi connectivity index (χ0) is 17.4. The lowest BCUT2D eigenvalue weighted by atomic mass is 10.0. The lowest BCUT2D eigenvalue weighted by Gasteiger charge is -2.11. The number of benzene rings is 1. The van der Waals surface area contributed by atoms with Crippen LogP contribution in [-0.2, 0) is 23.9 Å². The molecule has 7 heteroatoms. The SMILES string of the molecule is CCOC(=O)c1ccc(OCC(=O)C(C(C)=O)C(=O)OC)cc1. The third-order valence-corrected chi connectivity index (χ3v) is 2.91. The van der Waals surface area contributed by atoms with Crippen LogP contribution in [-0.4, -0.2) is 43.8 Å². The normalized spacial score (nSPS) is 11.3. The van der Waals surface area contributed by atoms with E-state index in [2.05, 4.69) is 4.74 Å². The van der Waals surface area contributed by atoms with Crippen LogP contribution in [0.15, 0.2) is 24.3 Å². The lowest BCUT2D eigenvalue weighted by molar-refractivity contribution is -0.153. The number of hydrogen-bond acceptors (Lipinski definition) is 7. The Balaban J connectivity index is 2.67. The Kier molecular flexibility index (Phi) is 6.92. The molecule has 124 valence electrons. The van der Waals surface area contributed by atoms with Crippen LogP contribution in [0.2, 0.25) is 0 Å². The van der Waals surface area contributed by atoms with E-state index in [1.807, 2.05) is 0 Å². The lowest BCUT2D eigenvalue weighted by Crippen LogP contribution is -2.34. The summed E-state index contributed by atoms with van der Waals surface area (Å²) in [5.74, 6) is -3.85. The summed E-state index contributed by atoms with van der Waals surface area (Å²) in [4.78, 5) is 46.2. The average Bonchev–Trinajstić information content (AvgIpc) is 2.53. The van der Waals surface area contributed by atoms with Gasteiger partial charge in [-0.15, -0.1) is 0 Å². The number of rotatable bonds is 8. The van der Waals surface area contributed by atoms with Crippen molar-refractivity contribution in [2.75, 3.05) is 20.3 Å². The fraction of sp³-hybridized carbons (Fsp3) is 0.375. The molecule has 0 N–H and O–H groups in total. The largest absolute Gasteiger partial charge is 0.486 e. The van der Waals surface area contributed by atoms with Gasteiger partial charge in [-0.3, -0.25) is 14.4 Å². The summed E-state index contributed by atoms with van der Waals surface area (Å²) in [6, 6.07) is 5.95. The highest BCUT2D eigenvalue weighted by molar-refractivity contribution is 6.16. The van der Waals surface area contributed by atoms with Crippen LogP contribution in [0.5, 0.6) is 5.75 Å². The van der Waals surface area contributed by atoms with Gasteiger partial charge in [-0.25, -0.2) is 4.79 Å². The Bertz CT molecular complexity index is 589. The number of esters is 2. The first-order valence-electron chi connectivity index (χ1n) is 6.91. The van der Waals surface area contributed by atoms with E-state index >= 15 is 0 Å². The van der Waals surface area contributed by atoms with Crippen molar-refractivity contribution in [3.63, 3.8) is 0 Å². The van der Waals surface area contributed by atoms with Gasteiger partial charge in [0, 0.05) is 0 Å². The quantitative estimate of drug-likeness (QED) is 0.524. The van der Waals surface area contributed by atoms with Crippen molar-refractivity contribution in [1.29, 1.82) is 0 Å². The molecule has 1 aromatic carbocycles. The molecule has 0 saturated heterocycles. The molecule has 0 aliphatic carbocycles. The summed E-state index contributed by atoms with van der Waals surface area (Å²) in [5, 5.41) is 0. The monoisotopic (exact) mass is 322 g/mol. The number of methoxy groups -OCH3 is 1. The van der Waals surface area contributed by atoms with Gasteiger partial charge in [-0.05, 0) is 38.1 Å². The predicted molar refractivity (Wildman–Crippen MR) is 79.1 cm³/mol. The highest BCUT2D eigenvalue weighted by Gasteiger charge is 2.32. The maximum Gasteiger partial charge on any atom is 0.338 e. The van der Waals surface area contributed by atoms with Gasteiger partial charge in [0.25, 0.3) is 0 Å². The second kappa shape index (κ2) is 8.67. The summed E-state index contributed by atoms with van der Waals surface area (Å²) >= 11 is 0. The van der Waals surface area contributed by atoms with Crippen molar-refractivity contribution < 1.29 is 33.4 Å². The number of carbonyl (C=O) groups excluding carboxylic acids is 4. The van der Waals surface area contributed by atoms with Gasteiger partial charge in [0.15, 0.2) is 17.5 Å². The van der Waals surface area contributed by atoms with Crippen LogP contribution in [0.4, 0.5) is 0 Å². The maximum absolute atomic E-state index is 11.9. The van der Waals surface area contributed by atoms with Crippen molar-refractivity contribution in [3.8, 4) is 5.75 Å². The Labute approximate surface area is 133 Å². The van der Waals surface area contributed by atoms with E-state index in [0.29, 0.717) is 11.3 Å². The zero-order valence-electron chi connectivity index (χ0n) is 13.2. The van der Waals surface area contributed by atoms with Gasteiger partial charge >= 0.3 is 11.9 Å². The Morgan fingerprint density at radius 2 is 1.70 bits per heavy atom.